The summed E-state index contributed by atoms with van der Waals surface area (Å²) < 4.78 is 3.01. The lowest BCUT2D eigenvalue weighted by Crippen LogP contribution is -2.51. The van der Waals surface area contributed by atoms with Gasteiger partial charge in [-0.2, -0.15) is 5.10 Å². The lowest BCUT2D eigenvalue weighted by Gasteiger charge is -2.42. The summed E-state index contributed by atoms with van der Waals surface area (Å²) in [5.41, 5.74) is 8.72. The van der Waals surface area contributed by atoms with Crippen LogP contribution in [0.2, 0.25) is 0 Å². The first kappa shape index (κ1) is 18.5. The van der Waals surface area contributed by atoms with E-state index < -0.39 is 0 Å². The van der Waals surface area contributed by atoms with E-state index in [-0.39, 0.29) is 17.8 Å². The standard InChI is InChI=1S/C17H23BrN4.ClH/c1-17(2)12-21(8-7-16(17)19)10-13-9-20-22(11-13)15-5-3-14(18)4-6-15;/h3-6,9,11,16H,7-8,10,12,19H2,1-2H3;1H. The maximum Gasteiger partial charge on any atom is 0.0646 e. The minimum atomic E-state index is 0. The van der Waals surface area contributed by atoms with Crippen LogP contribution in [-0.2, 0) is 6.54 Å². The fourth-order valence-electron chi connectivity index (χ4n) is 3.05. The molecule has 23 heavy (non-hydrogen) atoms. The van der Waals surface area contributed by atoms with Gasteiger partial charge in [0.05, 0.1) is 11.9 Å². The van der Waals surface area contributed by atoms with Crippen LogP contribution in [0.4, 0.5) is 0 Å². The molecule has 0 amide bonds. The Morgan fingerprint density at radius 3 is 2.65 bits per heavy atom. The lowest BCUT2D eigenvalue weighted by molar-refractivity contribution is 0.0899. The van der Waals surface area contributed by atoms with Crippen molar-refractivity contribution in [3.63, 3.8) is 0 Å². The predicted molar refractivity (Wildman–Crippen MR) is 100 cm³/mol. The summed E-state index contributed by atoms with van der Waals surface area (Å²) in [5, 5.41) is 4.48. The SMILES string of the molecule is CC1(C)CN(Cc2cnn(-c3ccc(Br)cc3)c2)CCC1N.Cl. The van der Waals surface area contributed by atoms with Gasteiger partial charge in [-0.25, -0.2) is 4.68 Å². The Morgan fingerprint density at radius 2 is 2.00 bits per heavy atom. The molecule has 1 atom stereocenters. The van der Waals surface area contributed by atoms with Gasteiger partial charge in [0, 0.05) is 41.9 Å². The zero-order chi connectivity index (χ0) is 15.7. The average Bonchev–Trinajstić information content (AvgIpc) is 2.92. The smallest absolute Gasteiger partial charge is 0.0646 e. The number of hydrogen-bond donors (Lipinski definition) is 1. The van der Waals surface area contributed by atoms with Crippen LogP contribution in [0, 0.1) is 5.41 Å². The summed E-state index contributed by atoms with van der Waals surface area (Å²) in [6.07, 6.45) is 5.14. The molecular formula is C17H24BrClN4. The second-order valence-electron chi connectivity index (χ2n) is 6.86. The van der Waals surface area contributed by atoms with Crippen molar-refractivity contribution >= 4 is 28.3 Å². The normalized spacial score (nSPS) is 21.0. The van der Waals surface area contributed by atoms with Crippen LogP contribution in [0.5, 0.6) is 0 Å². The molecule has 0 saturated carbocycles. The van der Waals surface area contributed by atoms with Gasteiger partial charge in [-0.05, 0) is 36.1 Å². The first-order chi connectivity index (χ1) is 10.4. The summed E-state index contributed by atoms with van der Waals surface area (Å²) in [6, 6.07) is 8.48. The van der Waals surface area contributed by atoms with Crippen LogP contribution in [-0.4, -0.2) is 33.8 Å². The minimum absolute atomic E-state index is 0. The maximum absolute atomic E-state index is 6.21. The number of aromatic nitrogens is 2. The van der Waals surface area contributed by atoms with Crippen molar-refractivity contribution in [3.8, 4) is 5.69 Å². The third-order valence-corrected chi connectivity index (χ3v) is 5.05. The van der Waals surface area contributed by atoms with Crippen LogP contribution < -0.4 is 5.73 Å². The van der Waals surface area contributed by atoms with Gasteiger partial charge in [0.1, 0.15) is 0 Å². The van der Waals surface area contributed by atoms with E-state index in [1.165, 1.54) is 5.56 Å². The summed E-state index contributed by atoms with van der Waals surface area (Å²) in [5.74, 6) is 0. The largest absolute Gasteiger partial charge is 0.327 e. The monoisotopic (exact) mass is 398 g/mol. The molecule has 0 radical (unpaired) electrons. The van der Waals surface area contributed by atoms with Crippen LogP contribution in [0.15, 0.2) is 41.1 Å². The van der Waals surface area contributed by atoms with Crippen LogP contribution in [0.25, 0.3) is 5.69 Å². The van der Waals surface area contributed by atoms with E-state index in [2.05, 4.69) is 58.1 Å². The fourth-order valence-corrected chi connectivity index (χ4v) is 3.32. The Bertz CT molecular complexity index is 638. The number of rotatable bonds is 3. The quantitative estimate of drug-likeness (QED) is 0.857. The first-order valence-corrected chi connectivity index (χ1v) is 8.51. The van der Waals surface area contributed by atoms with Gasteiger partial charge in [0.15, 0.2) is 0 Å². The summed E-state index contributed by atoms with van der Waals surface area (Å²) >= 11 is 3.46. The van der Waals surface area contributed by atoms with Gasteiger partial charge in [-0.1, -0.05) is 29.8 Å². The molecule has 1 aliphatic rings. The van der Waals surface area contributed by atoms with Crippen molar-refractivity contribution in [2.45, 2.75) is 32.9 Å². The molecule has 1 unspecified atom stereocenters. The fraction of sp³-hybridized carbons (Fsp3) is 0.471. The summed E-state index contributed by atoms with van der Waals surface area (Å²) in [6.45, 7) is 7.56. The number of halogens is 2. The Hall–Kier alpha value is -0.880. The molecule has 1 aromatic carbocycles. The number of benzene rings is 1. The second kappa shape index (κ2) is 7.34. The van der Waals surface area contributed by atoms with E-state index in [1.807, 2.05) is 23.0 Å². The van der Waals surface area contributed by atoms with Crippen LogP contribution in [0.1, 0.15) is 25.8 Å². The molecule has 2 N–H and O–H groups in total. The van der Waals surface area contributed by atoms with Crippen LogP contribution in [0.3, 0.4) is 0 Å². The molecule has 1 fully saturated rings. The van der Waals surface area contributed by atoms with Crippen molar-refractivity contribution < 1.29 is 0 Å². The highest BCUT2D eigenvalue weighted by Gasteiger charge is 2.33. The second-order valence-corrected chi connectivity index (χ2v) is 7.78. The minimum Gasteiger partial charge on any atom is -0.327 e. The van der Waals surface area contributed by atoms with Gasteiger partial charge in [-0.3, -0.25) is 4.90 Å². The maximum atomic E-state index is 6.21. The van der Waals surface area contributed by atoms with E-state index in [1.54, 1.807) is 0 Å². The predicted octanol–water partition coefficient (Wildman–Crippen LogP) is 3.62. The topological polar surface area (TPSA) is 47.1 Å². The van der Waals surface area contributed by atoms with Crippen molar-refractivity contribution in [3.05, 3.63) is 46.7 Å². The number of nitrogens with two attached hydrogens (primary N) is 1. The molecule has 1 aromatic heterocycles. The number of likely N-dealkylation sites (tertiary alicyclic amines) is 1. The molecule has 1 aliphatic heterocycles. The molecule has 4 nitrogen and oxygen atoms in total. The Kier molecular flexibility index (Phi) is 5.89. The highest BCUT2D eigenvalue weighted by atomic mass is 79.9. The van der Waals surface area contributed by atoms with Gasteiger partial charge in [0.25, 0.3) is 0 Å². The molecule has 6 heteroatoms. The number of nitrogens with zero attached hydrogens (tertiary/aromatic N) is 3. The molecule has 0 spiro atoms. The molecule has 2 heterocycles. The third-order valence-electron chi connectivity index (χ3n) is 4.52. The molecule has 3 rings (SSSR count). The van der Waals surface area contributed by atoms with Crippen LogP contribution >= 0.6 is 28.3 Å². The van der Waals surface area contributed by atoms with Crippen molar-refractivity contribution in [2.75, 3.05) is 13.1 Å². The summed E-state index contributed by atoms with van der Waals surface area (Å²) in [7, 11) is 0. The Labute approximate surface area is 152 Å². The Morgan fingerprint density at radius 1 is 1.30 bits per heavy atom. The highest BCUT2D eigenvalue weighted by Crippen LogP contribution is 2.28. The van der Waals surface area contributed by atoms with E-state index in [0.717, 1.165) is 36.2 Å². The zero-order valence-electron chi connectivity index (χ0n) is 13.6. The van der Waals surface area contributed by atoms with Crippen molar-refractivity contribution in [1.29, 1.82) is 0 Å². The average molecular weight is 400 g/mol. The molecular weight excluding hydrogens is 376 g/mol. The van der Waals surface area contributed by atoms with Crippen molar-refractivity contribution in [2.24, 2.45) is 11.1 Å². The first-order valence-electron chi connectivity index (χ1n) is 7.71. The summed E-state index contributed by atoms with van der Waals surface area (Å²) in [4.78, 5) is 2.48. The van der Waals surface area contributed by atoms with E-state index in [4.69, 9.17) is 5.73 Å². The van der Waals surface area contributed by atoms with E-state index in [0.29, 0.717) is 6.04 Å². The van der Waals surface area contributed by atoms with Gasteiger partial charge in [0.2, 0.25) is 0 Å². The molecule has 0 bridgehead atoms. The van der Waals surface area contributed by atoms with Gasteiger partial charge < -0.3 is 5.73 Å². The van der Waals surface area contributed by atoms with E-state index >= 15 is 0 Å². The van der Waals surface area contributed by atoms with Gasteiger partial charge in [-0.15, -0.1) is 12.4 Å². The van der Waals surface area contributed by atoms with Crippen molar-refractivity contribution in [1.82, 2.24) is 14.7 Å². The van der Waals surface area contributed by atoms with Gasteiger partial charge >= 0.3 is 0 Å². The Balaban J connectivity index is 0.00000192. The molecule has 0 aliphatic carbocycles. The molecule has 126 valence electrons. The number of piperidine rings is 1. The molecule has 1 saturated heterocycles. The van der Waals surface area contributed by atoms with E-state index in [9.17, 15) is 0 Å². The highest BCUT2D eigenvalue weighted by molar-refractivity contribution is 9.10. The molecule has 2 aromatic rings. The number of hydrogen-bond acceptors (Lipinski definition) is 3. The lowest BCUT2D eigenvalue weighted by atomic mass is 9.79. The zero-order valence-corrected chi connectivity index (χ0v) is 16.0. The third kappa shape index (κ3) is 4.35.